The summed E-state index contributed by atoms with van der Waals surface area (Å²) in [7, 11) is 0. The number of imidazole rings is 1. The van der Waals surface area contributed by atoms with Crippen LogP contribution < -0.4 is 11.1 Å². The molecule has 0 saturated heterocycles. The summed E-state index contributed by atoms with van der Waals surface area (Å²) in [5, 5.41) is 2.99. The van der Waals surface area contributed by atoms with Gasteiger partial charge in [0.2, 0.25) is 0 Å². The van der Waals surface area contributed by atoms with Crippen molar-refractivity contribution in [3.63, 3.8) is 0 Å². The zero-order chi connectivity index (χ0) is 23.0. The molecule has 32 heavy (non-hydrogen) atoms. The molecule has 164 valence electrons. The Kier molecular flexibility index (Phi) is 5.81. The Morgan fingerprint density at radius 2 is 1.84 bits per heavy atom. The molecule has 0 fully saturated rings. The zero-order valence-electron chi connectivity index (χ0n) is 17.6. The highest BCUT2D eigenvalue weighted by molar-refractivity contribution is 7.20. The lowest BCUT2D eigenvalue weighted by atomic mass is 10.1. The second kappa shape index (κ2) is 8.56. The number of anilines is 1. The van der Waals surface area contributed by atoms with Crippen molar-refractivity contribution in [3.8, 4) is 11.3 Å². The van der Waals surface area contributed by atoms with E-state index >= 15 is 0 Å². The summed E-state index contributed by atoms with van der Waals surface area (Å²) in [6.45, 7) is 5.28. The van der Waals surface area contributed by atoms with Gasteiger partial charge in [0.15, 0.2) is 4.96 Å². The van der Waals surface area contributed by atoms with Gasteiger partial charge in [0.05, 0.1) is 22.7 Å². The number of hydrogen-bond donors (Lipinski definition) is 2. The number of ether oxygens (including phenoxy) is 1. The standard InChI is InChI=1S/C22H20N4O4S2/c1-4-30-21(29)15-11(2)16(18(23)27)31-20(15)25-19(28)17-12(3)26-10-14(24-22(26)32-17)13-8-6-5-7-9-13/h5-10H,4H2,1-3H3,(H2,23,27)(H,25,28). The van der Waals surface area contributed by atoms with Crippen molar-refractivity contribution in [1.82, 2.24) is 9.38 Å². The van der Waals surface area contributed by atoms with Gasteiger partial charge in [0.1, 0.15) is 9.88 Å². The summed E-state index contributed by atoms with van der Waals surface area (Å²) >= 11 is 2.21. The van der Waals surface area contributed by atoms with Crippen molar-refractivity contribution in [3.05, 3.63) is 63.1 Å². The summed E-state index contributed by atoms with van der Waals surface area (Å²) < 4.78 is 6.96. The van der Waals surface area contributed by atoms with Gasteiger partial charge >= 0.3 is 5.97 Å². The summed E-state index contributed by atoms with van der Waals surface area (Å²) in [5.74, 6) is -1.69. The van der Waals surface area contributed by atoms with E-state index < -0.39 is 17.8 Å². The zero-order valence-corrected chi connectivity index (χ0v) is 19.2. The van der Waals surface area contributed by atoms with Gasteiger partial charge in [0.25, 0.3) is 11.8 Å². The molecule has 0 aliphatic carbocycles. The van der Waals surface area contributed by atoms with E-state index in [0.29, 0.717) is 15.4 Å². The molecule has 2 amide bonds. The summed E-state index contributed by atoms with van der Waals surface area (Å²) in [4.78, 5) is 43.3. The van der Waals surface area contributed by atoms with Gasteiger partial charge < -0.3 is 15.8 Å². The maximum atomic E-state index is 13.1. The van der Waals surface area contributed by atoms with Crippen LogP contribution in [0.5, 0.6) is 0 Å². The molecular weight excluding hydrogens is 448 g/mol. The molecule has 0 aliphatic heterocycles. The van der Waals surface area contributed by atoms with E-state index in [9.17, 15) is 14.4 Å². The van der Waals surface area contributed by atoms with Crippen LogP contribution in [0.15, 0.2) is 36.5 Å². The lowest BCUT2D eigenvalue weighted by Crippen LogP contribution is -2.15. The molecule has 0 bridgehead atoms. The molecule has 3 aromatic heterocycles. The van der Waals surface area contributed by atoms with Gasteiger partial charge in [0, 0.05) is 17.5 Å². The number of thiazole rings is 1. The third-order valence-corrected chi connectivity index (χ3v) is 7.29. The molecule has 1 aromatic carbocycles. The number of carbonyl (C=O) groups is 3. The SMILES string of the molecule is CCOC(=O)c1c(NC(=O)c2sc3nc(-c4ccccc4)cn3c2C)sc(C(N)=O)c1C. The quantitative estimate of drug-likeness (QED) is 0.410. The first kappa shape index (κ1) is 21.7. The maximum Gasteiger partial charge on any atom is 0.341 e. The number of nitrogens with zero attached hydrogens (tertiary/aromatic N) is 2. The van der Waals surface area contributed by atoms with Gasteiger partial charge in [-0.1, -0.05) is 41.7 Å². The van der Waals surface area contributed by atoms with Crippen LogP contribution in [0.4, 0.5) is 5.00 Å². The van der Waals surface area contributed by atoms with Gasteiger partial charge in [-0.25, -0.2) is 9.78 Å². The number of amides is 2. The number of aryl methyl sites for hydroxylation is 1. The first-order chi connectivity index (χ1) is 15.3. The number of primary amides is 1. The minimum Gasteiger partial charge on any atom is -0.462 e. The first-order valence-corrected chi connectivity index (χ1v) is 11.4. The molecule has 10 heteroatoms. The van der Waals surface area contributed by atoms with Crippen LogP contribution in [-0.4, -0.2) is 33.8 Å². The number of carbonyl (C=O) groups excluding carboxylic acids is 3. The number of nitrogens with two attached hydrogens (primary N) is 1. The topological polar surface area (TPSA) is 116 Å². The van der Waals surface area contributed by atoms with Crippen LogP contribution in [0.1, 0.15) is 47.9 Å². The molecule has 0 radical (unpaired) electrons. The number of thiophene rings is 1. The Hall–Kier alpha value is -3.50. The number of hydrogen-bond acceptors (Lipinski definition) is 7. The highest BCUT2D eigenvalue weighted by Gasteiger charge is 2.27. The summed E-state index contributed by atoms with van der Waals surface area (Å²) in [6.07, 6.45) is 1.89. The maximum absolute atomic E-state index is 13.1. The molecule has 0 unspecified atom stereocenters. The lowest BCUT2D eigenvalue weighted by molar-refractivity contribution is 0.0527. The Labute approximate surface area is 191 Å². The summed E-state index contributed by atoms with van der Waals surface area (Å²) in [6, 6.07) is 9.78. The normalized spacial score (nSPS) is 11.0. The number of benzene rings is 1. The second-order valence-corrected chi connectivity index (χ2v) is 8.96. The lowest BCUT2D eigenvalue weighted by Gasteiger charge is -2.06. The second-order valence-electron chi connectivity index (χ2n) is 6.96. The van der Waals surface area contributed by atoms with Crippen molar-refractivity contribution >= 4 is 50.4 Å². The fourth-order valence-electron chi connectivity index (χ4n) is 3.35. The molecule has 0 saturated carbocycles. The number of esters is 1. The fourth-order valence-corrected chi connectivity index (χ4v) is 5.40. The van der Waals surface area contributed by atoms with Gasteiger partial charge in [-0.05, 0) is 26.3 Å². The van der Waals surface area contributed by atoms with E-state index in [2.05, 4.69) is 10.3 Å². The van der Waals surface area contributed by atoms with Crippen molar-refractivity contribution in [2.75, 3.05) is 11.9 Å². The van der Waals surface area contributed by atoms with E-state index in [-0.39, 0.29) is 22.0 Å². The highest BCUT2D eigenvalue weighted by atomic mass is 32.1. The molecule has 0 aliphatic rings. The van der Waals surface area contributed by atoms with Crippen LogP contribution in [0, 0.1) is 13.8 Å². The van der Waals surface area contributed by atoms with E-state index in [1.165, 1.54) is 11.3 Å². The molecule has 0 atom stereocenters. The molecule has 0 spiro atoms. The minimum atomic E-state index is -0.669. The van der Waals surface area contributed by atoms with E-state index in [1.807, 2.05) is 47.9 Å². The third-order valence-electron chi connectivity index (χ3n) is 4.91. The van der Waals surface area contributed by atoms with Crippen molar-refractivity contribution in [2.24, 2.45) is 5.73 Å². The van der Waals surface area contributed by atoms with Crippen LogP contribution in [0.25, 0.3) is 16.2 Å². The van der Waals surface area contributed by atoms with Crippen LogP contribution >= 0.6 is 22.7 Å². The molecule has 4 rings (SSSR count). The highest BCUT2D eigenvalue weighted by Crippen LogP contribution is 2.35. The fraction of sp³-hybridized carbons (Fsp3) is 0.182. The minimum absolute atomic E-state index is 0.143. The largest absolute Gasteiger partial charge is 0.462 e. The van der Waals surface area contributed by atoms with E-state index in [1.54, 1.807) is 13.8 Å². The Balaban J connectivity index is 1.68. The first-order valence-electron chi connectivity index (χ1n) is 9.77. The van der Waals surface area contributed by atoms with Gasteiger partial charge in [-0.2, -0.15) is 0 Å². The molecule has 8 nitrogen and oxygen atoms in total. The third kappa shape index (κ3) is 3.78. The number of rotatable bonds is 6. The van der Waals surface area contributed by atoms with Crippen LogP contribution in [0.3, 0.4) is 0 Å². The van der Waals surface area contributed by atoms with Gasteiger partial charge in [-0.15, -0.1) is 11.3 Å². The Morgan fingerprint density at radius 3 is 2.47 bits per heavy atom. The number of fused-ring (bicyclic) bond motifs is 1. The van der Waals surface area contributed by atoms with Crippen LogP contribution in [-0.2, 0) is 4.74 Å². The number of aromatic nitrogens is 2. The summed E-state index contributed by atoms with van der Waals surface area (Å²) in [5.41, 5.74) is 8.49. The average Bonchev–Trinajstić information content (AvgIpc) is 3.41. The van der Waals surface area contributed by atoms with Crippen LogP contribution in [0.2, 0.25) is 0 Å². The predicted octanol–water partition coefficient (Wildman–Crippen LogP) is 4.27. The van der Waals surface area contributed by atoms with Crippen molar-refractivity contribution in [1.29, 1.82) is 0 Å². The van der Waals surface area contributed by atoms with Gasteiger partial charge in [-0.3, -0.25) is 14.0 Å². The Bertz CT molecular complexity index is 1350. The van der Waals surface area contributed by atoms with Crippen molar-refractivity contribution < 1.29 is 19.1 Å². The molecule has 3 heterocycles. The van der Waals surface area contributed by atoms with Crippen molar-refractivity contribution in [2.45, 2.75) is 20.8 Å². The predicted molar refractivity (Wildman–Crippen MR) is 125 cm³/mol. The smallest absolute Gasteiger partial charge is 0.341 e. The van der Waals surface area contributed by atoms with E-state index in [4.69, 9.17) is 10.5 Å². The Morgan fingerprint density at radius 1 is 1.12 bits per heavy atom. The molecular formula is C22H20N4O4S2. The number of nitrogens with one attached hydrogen (secondary N) is 1. The van der Waals surface area contributed by atoms with E-state index in [0.717, 1.165) is 28.3 Å². The molecule has 4 aromatic rings. The monoisotopic (exact) mass is 468 g/mol. The average molecular weight is 469 g/mol. The molecule has 3 N–H and O–H groups in total.